The number of imide groups is 1. The Kier molecular flexibility index (Phi) is 4.15. The molecule has 0 aliphatic carbocycles. The molecule has 0 radical (unpaired) electrons. The minimum Gasteiger partial charge on any atom is -0.372 e. The fourth-order valence-corrected chi connectivity index (χ4v) is 2.10. The maximum absolute atomic E-state index is 12.4. The molecule has 21 heavy (non-hydrogen) atoms. The molecule has 2 amide bonds. The first-order valence-corrected chi connectivity index (χ1v) is 6.47. The topological polar surface area (TPSA) is 62.3 Å². The molecule has 1 unspecified atom stereocenters. The van der Waals surface area contributed by atoms with Gasteiger partial charge in [-0.05, 0) is 18.6 Å². The van der Waals surface area contributed by atoms with Crippen molar-refractivity contribution in [1.29, 1.82) is 0 Å². The Morgan fingerprint density at radius 1 is 1.38 bits per heavy atom. The second-order valence-electron chi connectivity index (χ2n) is 4.71. The molecule has 5 nitrogen and oxygen atoms in total. The van der Waals surface area contributed by atoms with Gasteiger partial charge in [-0.25, -0.2) is 4.98 Å². The minimum absolute atomic E-state index is 0.000143. The molecule has 0 spiro atoms. The van der Waals surface area contributed by atoms with Crippen LogP contribution in [0.2, 0.25) is 0 Å². The van der Waals surface area contributed by atoms with Crippen LogP contribution in [0.15, 0.2) is 18.3 Å². The van der Waals surface area contributed by atoms with Gasteiger partial charge in [-0.15, -0.1) is 0 Å². The van der Waals surface area contributed by atoms with Gasteiger partial charge in [0.05, 0.1) is 18.3 Å². The zero-order chi connectivity index (χ0) is 15.6. The molecule has 0 bridgehead atoms. The third kappa shape index (κ3) is 3.32. The average Bonchev–Trinajstić information content (AvgIpc) is 2.66. The number of pyridine rings is 1. The van der Waals surface area contributed by atoms with Crippen molar-refractivity contribution in [3.05, 3.63) is 24.0 Å². The second kappa shape index (κ2) is 5.71. The summed E-state index contributed by atoms with van der Waals surface area (Å²) in [5.74, 6) is -0.638. The van der Waals surface area contributed by atoms with Crippen molar-refractivity contribution in [3.8, 4) is 0 Å². The SMILES string of the molecule is CCCN1C(=O)CC(Nc2ccc(C(F)(F)F)nc2)C1=O. The highest BCUT2D eigenvalue weighted by Gasteiger charge is 2.38. The van der Waals surface area contributed by atoms with Crippen LogP contribution in [-0.2, 0) is 15.8 Å². The largest absolute Gasteiger partial charge is 0.433 e. The summed E-state index contributed by atoms with van der Waals surface area (Å²) in [5, 5.41) is 2.75. The first kappa shape index (κ1) is 15.3. The molecule has 1 N–H and O–H groups in total. The minimum atomic E-state index is -4.50. The van der Waals surface area contributed by atoms with Gasteiger partial charge in [-0.1, -0.05) is 6.92 Å². The lowest BCUT2D eigenvalue weighted by atomic mass is 10.2. The van der Waals surface area contributed by atoms with Gasteiger partial charge in [0.2, 0.25) is 5.91 Å². The van der Waals surface area contributed by atoms with E-state index in [1.165, 1.54) is 6.07 Å². The van der Waals surface area contributed by atoms with Crippen LogP contribution in [0.25, 0.3) is 0 Å². The molecule has 114 valence electrons. The molecule has 2 heterocycles. The number of hydrogen-bond acceptors (Lipinski definition) is 4. The summed E-state index contributed by atoms with van der Waals surface area (Å²) in [7, 11) is 0. The maximum Gasteiger partial charge on any atom is 0.433 e. The Morgan fingerprint density at radius 3 is 2.62 bits per heavy atom. The molecule has 1 aliphatic heterocycles. The lowest BCUT2D eigenvalue weighted by molar-refractivity contribution is -0.141. The average molecular weight is 301 g/mol. The van der Waals surface area contributed by atoms with E-state index >= 15 is 0 Å². The summed E-state index contributed by atoms with van der Waals surface area (Å²) < 4.78 is 37.2. The van der Waals surface area contributed by atoms with Gasteiger partial charge in [-0.2, -0.15) is 13.2 Å². The zero-order valence-corrected chi connectivity index (χ0v) is 11.3. The molecule has 1 aromatic rings. The van der Waals surface area contributed by atoms with Crippen LogP contribution < -0.4 is 5.32 Å². The van der Waals surface area contributed by atoms with Gasteiger partial charge >= 0.3 is 6.18 Å². The fourth-order valence-electron chi connectivity index (χ4n) is 2.10. The van der Waals surface area contributed by atoms with Crippen LogP contribution in [-0.4, -0.2) is 34.3 Å². The number of rotatable bonds is 4. The standard InChI is InChI=1S/C13H14F3N3O2/c1-2-5-19-11(20)6-9(12(19)21)18-8-3-4-10(17-7-8)13(14,15)16/h3-4,7,9,18H,2,5-6H2,1H3. The van der Waals surface area contributed by atoms with E-state index in [0.717, 1.165) is 17.2 Å². The third-order valence-corrected chi connectivity index (χ3v) is 3.09. The highest BCUT2D eigenvalue weighted by Crippen LogP contribution is 2.28. The lowest BCUT2D eigenvalue weighted by Crippen LogP contribution is -2.35. The molecular weight excluding hydrogens is 287 g/mol. The van der Waals surface area contributed by atoms with Crippen molar-refractivity contribution in [2.75, 3.05) is 11.9 Å². The van der Waals surface area contributed by atoms with E-state index in [0.29, 0.717) is 13.0 Å². The van der Waals surface area contributed by atoms with Crippen molar-refractivity contribution in [2.24, 2.45) is 0 Å². The van der Waals surface area contributed by atoms with Gasteiger partial charge in [0.25, 0.3) is 5.91 Å². The Balaban J connectivity index is 2.06. The van der Waals surface area contributed by atoms with Gasteiger partial charge in [0.15, 0.2) is 0 Å². The number of halogens is 3. The van der Waals surface area contributed by atoms with E-state index in [1.807, 2.05) is 6.92 Å². The predicted octanol–water partition coefficient (Wildman–Crippen LogP) is 2.05. The number of aromatic nitrogens is 1. The summed E-state index contributed by atoms with van der Waals surface area (Å²) in [6, 6.07) is 1.27. The number of amides is 2. The van der Waals surface area contributed by atoms with Crippen LogP contribution in [0.1, 0.15) is 25.5 Å². The molecule has 0 saturated carbocycles. The summed E-state index contributed by atoms with van der Waals surface area (Å²) in [6.07, 6.45) is -2.84. The molecule has 1 fully saturated rings. The van der Waals surface area contributed by atoms with Crippen LogP contribution in [0.3, 0.4) is 0 Å². The van der Waals surface area contributed by atoms with Gasteiger partial charge < -0.3 is 5.32 Å². The normalized spacial score (nSPS) is 19.2. The van der Waals surface area contributed by atoms with Crippen molar-refractivity contribution >= 4 is 17.5 Å². The summed E-state index contributed by atoms with van der Waals surface area (Å²) in [6.45, 7) is 2.20. The van der Waals surface area contributed by atoms with Crippen molar-refractivity contribution in [1.82, 2.24) is 9.88 Å². The van der Waals surface area contributed by atoms with E-state index < -0.39 is 17.9 Å². The van der Waals surface area contributed by atoms with E-state index in [2.05, 4.69) is 10.3 Å². The number of carbonyl (C=O) groups excluding carboxylic acids is 2. The molecule has 1 aliphatic rings. The molecule has 1 saturated heterocycles. The van der Waals surface area contributed by atoms with Crippen molar-refractivity contribution < 1.29 is 22.8 Å². The fraction of sp³-hybridized carbons (Fsp3) is 0.462. The molecule has 1 aromatic heterocycles. The molecule has 2 rings (SSSR count). The first-order valence-electron chi connectivity index (χ1n) is 6.47. The van der Waals surface area contributed by atoms with Crippen LogP contribution in [0.5, 0.6) is 0 Å². The highest BCUT2D eigenvalue weighted by atomic mass is 19.4. The predicted molar refractivity (Wildman–Crippen MR) is 68.3 cm³/mol. The smallest absolute Gasteiger partial charge is 0.372 e. The number of nitrogens with one attached hydrogen (secondary N) is 1. The van der Waals surface area contributed by atoms with Crippen LogP contribution in [0, 0.1) is 0 Å². The number of anilines is 1. The van der Waals surface area contributed by atoms with Crippen molar-refractivity contribution in [2.45, 2.75) is 32.0 Å². The molecular formula is C13H14F3N3O2. The zero-order valence-electron chi connectivity index (χ0n) is 11.3. The molecule has 1 atom stereocenters. The van der Waals surface area contributed by atoms with Gasteiger partial charge in [0, 0.05) is 6.54 Å². The first-order chi connectivity index (χ1) is 9.82. The Morgan fingerprint density at radius 2 is 2.10 bits per heavy atom. The maximum atomic E-state index is 12.4. The Bertz CT molecular complexity index is 543. The molecule has 0 aromatic carbocycles. The highest BCUT2D eigenvalue weighted by molar-refractivity contribution is 6.06. The third-order valence-electron chi connectivity index (χ3n) is 3.09. The number of alkyl halides is 3. The summed E-state index contributed by atoms with van der Waals surface area (Å²) in [4.78, 5) is 28.1. The number of hydrogen-bond donors (Lipinski definition) is 1. The van der Waals surface area contributed by atoms with Crippen LogP contribution in [0.4, 0.5) is 18.9 Å². The summed E-state index contributed by atoms with van der Waals surface area (Å²) >= 11 is 0. The number of likely N-dealkylation sites (tertiary alicyclic amines) is 1. The molecule has 8 heteroatoms. The monoisotopic (exact) mass is 301 g/mol. The van der Waals surface area contributed by atoms with Crippen LogP contribution >= 0.6 is 0 Å². The second-order valence-corrected chi connectivity index (χ2v) is 4.71. The van der Waals surface area contributed by atoms with E-state index in [1.54, 1.807) is 0 Å². The van der Waals surface area contributed by atoms with Crippen molar-refractivity contribution in [3.63, 3.8) is 0 Å². The Hall–Kier alpha value is -2.12. The summed E-state index contributed by atoms with van der Waals surface area (Å²) in [5.41, 5.74) is -0.734. The van der Waals surface area contributed by atoms with Gasteiger partial charge in [-0.3, -0.25) is 14.5 Å². The van der Waals surface area contributed by atoms with E-state index in [-0.39, 0.29) is 23.9 Å². The van der Waals surface area contributed by atoms with E-state index in [9.17, 15) is 22.8 Å². The number of nitrogens with zero attached hydrogens (tertiary/aromatic N) is 2. The Labute approximate surface area is 119 Å². The van der Waals surface area contributed by atoms with E-state index in [4.69, 9.17) is 0 Å². The van der Waals surface area contributed by atoms with Gasteiger partial charge in [0.1, 0.15) is 11.7 Å². The number of carbonyl (C=O) groups is 2. The lowest BCUT2D eigenvalue weighted by Gasteiger charge is -2.15. The quantitative estimate of drug-likeness (QED) is 0.865.